The van der Waals surface area contributed by atoms with Gasteiger partial charge in [-0.2, -0.15) is 0 Å². The van der Waals surface area contributed by atoms with E-state index < -0.39 is 10.0 Å². The van der Waals surface area contributed by atoms with Gasteiger partial charge in [0.25, 0.3) is 0 Å². The second-order valence-corrected chi connectivity index (χ2v) is 7.99. The van der Waals surface area contributed by atoms with Crippen molar-refractivity contribution in [1.29, 1.82) is 0 Å². The number of aryl methyl sites for hydroxylation is 1. The highest BCUT2D eigenvalue weighted by molar-refractivity contribution is 7.89. The fourth-order valence-electron chi connectivity index (χ4n) is 3.17. The van der Waals surface area contributed by atoms with Gasteiger partial charge in [-0.3, -0.25) is 0 Å². The number of ether oxygens (including phenoxy) is 1. The first-order valence-corrected chi connectivity index (χ1v) is 9.63. The summed E-state index contributed by atoms with van der Waals surface area (Å²) in [5.41, 5.74) is 3.06. The molecule has 0 radical (unpaired) electrons. The van der Waals surface area contributed by atoms with E-state index in [9.17, 15) is 8.42 Å². The Kier molecular flexibility index (Phi) is 4.07. The number of nitrogens with zero attached hydrogens (tertiary/aromatic N) is 2. The fraction of sp³-hybridized carbons (Fsp3) is 0.278. The van der Waals surface area contributed by atoms with Gasteiger partial charge in [0.2, 0.25) is 10.0 Å². The summed E-state index contributed by atoms with van der Waals surface area (Å²) in [5, 5.41) is 0. The molecule has 0 fully saturated rings. The van der Waals surface area contributed by atoms with E-state index in [0.29, 0.717) is 13.2 Å². The molecule has 0 aliphatic carbocycles. The Morgan fingerprint density at radius 2 is 2.04 bits per heavy atom. The maximum atomic E-state index is 12.5. The van der Waals surface area contributed by atoms with Crippen molar-refractivity contribution in [3.05, 3.63) is 59.9 Å². The van der Waals surface area contributed by atoms with Crippen molar-refractivity contribution in [3.63, 3.8) is 0 Å². The summed E-state index contributed by atoms with van der Waals surface area (Å²) in [6.07, 6.45) is 0. The average molecular weight is 357 g/mol. The van der Waals surface area contributed by atoms with E-state index >= 15 is 0 Å². The normalized spacial score (nSPS) is 17.6. The Morgan fingerprint density at radius 3 is 2.84 bits per heavy atom. The standard InChI is InChI=1S/C18H19N3O3S/c1-13-7-8-17-16(9-13)20-18-12-24-11-14(21(17)18)10-19-25(22,23)15-5-3-2-4-6-15/h2-9,14,19H,10-12H2,1H3/t14-/m0/s1. The molecular weight excluding hydrogens is 338 g/mol. The largest absolute Gasteiger partial charge is 0.371 e. The highest BCUT2D eigenvalue weighted by Gasteiger charge is 2.25. The van der Waals surface area contributed by atoms with Crippen molar-refractivity contribution in [2.24, 2.45) is 0 Å². The first kappa shape index (κ1) is 16.3. The molecule has 4 rings (SSSR count). The molecule has 2 aromatic carbocycles. The number of fused-ring (bicyclic) bond motifs is 3. The first-order valence-electron chi connectivity index (χ1n) is 8.14. The quantitative estimate of drug-likeness (QED) is 0.778. The Bertz CT molecular complexity index is 1010. The summed E-state index contributed by atoms with van der Waals surface area (Å²) in [6, 6.07) is 14.4. The Morgan fingerprint density at radius 1 is 1.24 bits per heavy atom. The molecule has 1 aromatic heterocycles. The van der Waals surface area contributed by atoms with Gasteiger partial charge in [0.05, 0.1) is 28.6 Å². The maximum absolute atomic E-state index is 12.5. The number of sulfonamides is 1. The number of nitrogens with one attached hydrogen (secondary N) is 1. The Balaban J connectivity index is 1.62. The van der Waals surface area contributed by atoms with Crippen LogP contribution in [0.5, 0.6) is 0 Å². The second kappa shape index (κ2) is 6.25. The van der Waals surface area contributed by atoms with E-state index in [1.807, 2.05) is 25.1 Å². The Labute approximate surface area is 146 Å². The predicted octanol–water partition coefficient (Wildman–Crippen LogP) is 2.39. The van der Waals surface area contributed by atoms with Crippen molar-refractivity contribution in [2.45, 2.75) is 24.5 Å². The van der Waals surface area contributed by atoms with Gasteiger partial charge in [0.15, 0.2) is 0 Å². The summed E-state index contributed by atoms with van der Waals surface area (Å²) in [5.74, 6) is 0.829. The molecular formula is C18H19N3O3S. The summed E-state index contributed by atoms with van der Waals surface area (Å²) in [4.78, 5) is 4.89. The maximum Gasteiger partial charge on any atom is 0.240 e. The van der Waals surface area contributed by atoms with Crippen molar-refractivity contribution < 1.29 is 13.2 Å². The SMILES string of the molecule is Cc1ccc2c(c1)nc1n2[C@@H](CNS(=O)(=O)c2ccccc2)COC1. The monoisotopic (exact) mass is 357 g/mol. The van der Waals surface area contributed by atoms with Crippen LogP contribution in [0.4, 0.5) is 0 Å². The number of rotatable bonds is 4. The molecule has 1 aliphatic rings. The molecule has 25 heavy (non-hydrogen) atoms. The van der Waals surface area contributed by atoms with E-state index in [1.165, 1.54) is 0 Å². The van der Waals surface area contributed by atoms with E-state index in [0.717, 1.165) is 22.4 Å². The molecule has 130 valence electrons. The van der Waals surface area contributed by atoms with Gasteiger partial charge in [-0.05, 0) is 36.8 Å². The van der Waals surface area contributed by atoms with Crippen molar-refractivity contribution >= 4 is 21.1 Å². The van der Waals surface area contributed by atoms with Crippen LogP contribution in [-0.4, -0.2) is 31.1 Å². The van der Waals surface area contributed by atoms with Crippen LogP contribution < -0.4 is 4.72 Å². The third kappa shape index (κ3) is 3.06. The molecule has 0 bridgehead atoms. The lowest BCUT2D eigenvalue weighted by molar-refractivity contribution is 0.0581. The molecule has 1 atom stereocenters. The fourth-order valence-corrected chi connectivity index (χ4v) is 4.26. The van der Waals surface area contributed by atoms with Gasteiger partial charge in [0, 0.05) is 6.54 Å². The molecule has 1 aliphatic heterocycles. The number of benzene rings is 2. The second-order valence-electron chi connectivity index (χ2n) is 6.22. The zero-order valence-corrected chi connectivity index (χ0v) is 14.7. The van der Waals surface area contributed by atoms with Gasteiger partial charge >= 0.3 is 0 Å². The van der Waals surface area contributed by atoms with Crippen LogP contribution in [0.25, 0.3) is 11.0 Å². The van der Waals surface area contributed by atoms with E-state index in [2.05, 4.69) is 14.3 Å². The molecule has 3 aromatic rings. The summed E-state index contributed by atoms with van der Waals surface area (Å²) in [6.45, 7) is 3.17. The lowest BCUT2D eigenvalue weighted by atomic mass is 10.2. The van der Waals surface area contributed by atoms with Crippen LogP contribution in [0.3, 0.4) is 0 Å². The minimum Gasteiger partial charge on any atom is -0.371 e. The molecule has 0 spiro atoms. The van der Waals surface area contributed by atoms with Gasteiger partial charge in [-0.25, -0.2) is 18.1 Å². The van der Waals surface area contributed by atoms with Crippen LogP contribution in [0.1, 0.15) is 17.4 Å². The number of imidazole rings is 1. The third-order valence-corrected chi connectivity index (χ3v) is 5.83. The molecule has 2 heterocycles. The number of aromatic nitrogens is 2. The van der Waals surface area contributed by atoms with E-state index in [1.54, 1.807) is 30.3 Å². The smallest absolute Gasteiger partial charge is 0.240 e. The first-order chi connectivity index (χ1) is 12.0. The van der Waals surface area contributed by atoms with E-state index in [4.69, 9.17) is 4.74 Å². The van der Waals surface area contributed by atoms with Crippen molar-refractivity contribution in [1.82, 2.24) is 14.3 Å². The predicted molar refractivity (Wildman–Crippen MR) is 94.8 cm³/mol. The molecule has 1 N–H and O–H groups in total. The highest BCUT2D eigenvalue weighted by atomic mass is 32.2. The van der Waals surface area contributed by atoms with Crippen LogP contribution in [0, 0.1) is 6.92 Å². The molecule has 0 amide bonds. The molecule has 6 nitrogen and oxygen atoms in total. The van der Waals surface area contributed by atoms with Crippen LogP contribution in [0.2, 0.25) is 0 Å². The van der Waals surface area contributed by atoms with Crippen molar-refractivity contribution in [2.75, 3.05) is 13.2 Å². The molecule has 0 saturated carbocycles. The third-order valence-electron chi connectivity index (χ3n) is 4.39. The molecule has 0 unspecified atom stereocenters. The van der Waals surface area contributed by atoms with E-state index in [-0.39, 0.29) is 17.5 Å². The molecule has 0 saturated heterocycles. The van der Waals surface area contributed by atoms with Gasteiger partial charge in [-0.1, -0.05) is 24.3 Å². The topological polar surface area (TPSA) is 73.2 Å². The summed E-state index contributed by atoms with van der Waals surface area (Å²) in [7, 11) is -3.54. The zero-order valence-electron chi connectivity index (χ0n) is 13.8. The minimum absolute atomic E-state index is 0.130. The van der Waals surface area contributed by atoms with Crippen molar-refractivity contribution in [3.8, 4) is 0 Å². The molecule has 7 heteroatoms. The number of hydrogen-bond donors (Lipinski definition) is 1. The summed E-state index contributed by atoms with van der Waals surface area (Å²) < 4.78 is 35.3. The number of hydrogen-bond acceptors (Lipinski definition) is 4. The lowest BCUT2D eigenvalue weighted by Crippen LogP contribution is -2.35. The van der Waals surface area contributed by atoms with Crippen LogP contribution in [-0.2, 0) is 21.4 Å². The zero-order chi connectivity index (χ0) is 17.4. The Hall–Kier alpha value is -2.22. The van der Waals surface area contributed by atoms with Gasteiger partial charge in [-0.15, -0.1) is 0 Å². The van der Waals surface area contributed by atoms with Gasteiger partial charge < -0.3 is 9.30 Å². The van der Waals surface area contributed by atoms with Gasteiger partial charge in [0.1, 0.15) is 12.4 Å². The summed E-state index contributed by atoms with van der Waals surface area (Å²) >= 11 is 0. The highest BCUT2D eigenvalue weighted by Crippen LogP contribution is 2.26. The van der Waals surface area contributed by atoms with Crippen LogP contribution in [0.15, 0.2) is 53.4 Å². The minimum atomic E-state index is -3.54. The lowest BCUT2D eigenvalue weighted by Gasteiger charge is -2.26. The van der Waals surface area contributed by atoms with Crippen LogP contribution >= 0.6 is 0 Å². The average Bonchev–Trinajstić information content (AvgIpc) is 2.98.